The van der Waals surface area contributed by atoms with E-state index in [4.69, 9.17) is 13.9 Å². The van der Waals surface area contributed by atoms with E-state index in [1.54, 1.807) is 6.26 Å². The van der Waals surface area contributed by atoms with Gasteiger partial charge in [0.05, 0.1) is 12.7 Å². The van der Waals surface area contributed by atoms with Gasteiger partial charge in [-0.05, 0) is 46.2 Å². The molecule has 0 aromatic carbocycles. The molecule has 148 valence electrons. The molecule has 0 atom stereocenters. The Labute approximate surface area is 156 Å². The first-order valence-corrected chi connectivity index (χ1v) is 9.25. The third-order valence-corrected chi connectivity index (χ3v) is 3.21. The molecule has 0 aliphatic heterocycles. The van der Waals surface area contributed by atoms with E-state index < -0.39 is 5.60 Å². The van der Waals surface area contributed by atoms with Crippen molar-refractivity contribution in [3.63, 3.8) is 0 Å². The van der Waals surface area contributed by atoms with E-state index in [0.29, 0.717) is 38.8 Å². The number of nitrogens with zero attached hydrogens (tertiary/aromatic N) is 1. The molecule has 1 heterocycles. The summed E-state index contributed by atoms with van der Waals surface area (Å²) < 4.78 is 15.9. The summed E-state index contributed by atoms with van der Waals surface area (Å²) in [6, 6.07) is 3.81. The van der Waals surface area contributed by atoms with E-state index in [1.165, 1.54) is 0 Å². The van der Waals surface area contributed by atoms with E-state index in [2.05, 4.69) is 15.6 Å². The summed E-state index contributed by atoms with van der Waals surface area (Å²) in [5.74, 6) is 1.37. The van der Waals surface area contributed by atoms with E-state index in [9.17, 15) is 4.79 Å². The van der Waals surface area contributed by atoms with E-state index in [0.717, 1.165) is 18.6 Å². The van der Waals surface area contributed by atoms with Gasteiger partial charge in [-0.3, -0.25) is 9.79 Å². The maximum absolute atomic E-state index is 11.8. The fraction of sp³-hybridized carbons (Fsp3) is 0.684. The standard InChI is InChI=1S/C19H33N3O4/c1-5-24-14-7-11-20-18(21-12-9-16-8-6-15-25-16)22-13-10-17(23)26-19(2,3)4/h6,8,15H,5,7,9-14H2,1-4H3,(H2,20,21,22). The Hall–Kier alpha value is -2.02. The second-order valence-corrected chi connectivity index (χ2v) is 6.80. The normalized spacial score (nSPS) is 12.1. The molecule has 0 aliphatic rings. The van der Waals surface area contributed by atoms with Crippen LogP contribution in [0.1, 0.15) is 46.3 Å². The number of carbonyl (C=O) groups is 1. The van der Waals surface area contributed by atoms with Gasteiger partial charge >= 0.3 is 5.97 Å². The quantitative estimate of drug-likeness (QED) is 0.271. The summed E-state index contributed by atoms with van der Waals surface area (Å²) in [5, 5.41) is 6.43. The predicted octanol–water partition coefficient (Wildman–Crippen LogP) is 2.52. The van der Waals surface area contributed by atoms with Crippen LogP contribution < -0.4 is 10.6 Å². The van der Waals surface area contributed by atoms with Crippen molar-refractivity contribution in [1.29, 1.82) is 0 Å². The largest absolute Gasteiger partial charge is 0.469 e. The number of hydrogen-bond donors (Lipinski definition) is 2. The Kier molecular flexibility index (Phi) is 10.5. The number of esters is 1. The molecule has 0 amide bonds. The zero-order valence-corrected chi connectivity index (χ0v) is 16.5. The SMILES string of the molecule is CCOCCCN=C(NCCC(=O)OC(C)(C)C)NCCc1ccco1. The van der Waals surface area contributed by atoms with Crippen LogP contribution in [0.5, 0.6) is 0 Å². The zero-order chi connectivity index (χ0) is 19.3. The molecule has 0 aliphatic carbocycles. The summed E-state index contributed by atoms with van der Waals surface area (Å²) in [4.78, 5) is 16.3. The van der Waals surface area contributed by atoms with Crippen molar-refractivity contribution in [1.82, 2.24) is 10.6 Å². The number of nitrogens with one attached hydrogen (secondary N) is 2. The molecular formula is C19H33N3O4. The number of ether oxygens (including phenoxy) is 2. The van der Waals surface area contributed by atoms with Gasteiger partial charge in [-0.15, -0.1) is 0 Å². The number of rotatable bonds is 11. The second-order valence-electron chi connectivity index (χ2n) is 6.80. The van der Waals surface area contributed by atoms with E-state index in [1.807, 2.05) is 39.8 Å². The van der Waals surface area contributed by atoms with Gasteiger partial charge in [-0.1, -0.05) is 0 Å². The van der Waals surface area contributed by atoms with Gasteiger partial charge in [0.25, 0.3) is 0 Å². The maximum atomic E-state index is 11.8. The first-order chi connectivity index (χ1) is 12.4. The van der Waals surface area contributed by atoms with Gasteiger partial charge in [0.2, 0.25) is 0 Å². The van der Waals surface area contributed by atoms with Gasteiger partial charge < -0.3 is 24.5 Å². The lowest BCUT2D eigenvalue weighted by molar-refractivity contribution is -0.154. The minimum Gasteiger partial charge on any atom is -0.469 e. The molecule has 7 nitrogen and oxygen atoms in total. The monoisotopic (exact) mass is 367 g/mol. The molecule has 2 N–H and O–H groups in total. The first-order valence-electron chi connectivity index (χ1n) is 9.25. The summed E-state index contributed by atoms with van der Waals surface area (Å²) >= 11 is 0. The molecule has 0 bridgehead atoms. The topological polar surface area (TPSA) is 85.1 Å². The molecule has 26 heavy (non-hydrogen) atoms. The minimum atomic E-state index is -0.464. The van der Waals surface area contributed by atoms with Crippen molar-refractivity contribution in [2.24, 2.45) is 4.99 Å². The lowest BCUT2D eigenvalue weighted by Gasteiger charge is -2.19. The van der Waals surface area contributed by atoms with Crippen molar-refractivity contribution in [2.75, 3.05) is 32.8 Å². The molecule has 1 rings (SSSR count). The van der Waals surface area contributed by atoms with Crippen LogP contribution in [-0.4, -0.2) is 50.4 Å². The van der Waals surface area contributed by atoms with Gasteiger partial charge in [0.15, 0.2) is 5.96 Å². The van der Waals surface area contributed by atoms with Crippen LogP contribution in [0.3, 0.4) is 0 Å². The molecule has 0 saturated heterocycles. The highest BCUT2D eigenvalue weighted by Crippen LogP contribution is 2.07. The number of guanidine groups is 1. The zero-order valence-electron chi connectivity index (χ0n) is 16.5. The van der Waals surface area contributed by atoms with E-state index in [-0.39, 0.29) is 12.4 Å². The predicted molar refractivity (Wildman–Crippen MR) is 102 cm³/mol. The highest BCUT2D eigenvalue weighted by atomic mass is 16.6. The molecule has 1 aromatic heterocycles. The van der Waals surface area contributed by atoms with Crippen LogP contribution in [0.2, 0.25) is 0 Å². The van der Waals surface area contributed by atoms with Crippen molar-refractivity contribution in [2.45, 2.75) is 52.6 Å². The average molecular weight is 367 g/mol. The highest BCUT2D eigenvalue weighted by Gasteiger charge is 2.15. The Balaban J connectivity index is 2.37. The van der Waals surface area contributed by atoms with Gasteiger partial charge in [-0.2, -0.15) is 0 Å². The number of aliphatic imine (C=N–C) groups is 1. The summed E-state index contributed by atoms with van der Waals surface area (Å²) in [6.07, 6.45) is 3.57. The molecule has 0 spiro atoms. The minimum absolute atomic E-state index is 0.226. The smallest absolute Gasteiger partial charge is 0.308 e. The molecule has 0 fully saturated rings. The molecule has 7 heteroatoms. The first kappa shape index (κ1) is 22.0. The van der Waals surface area contributed by atoms with Crippen molar-refractivity contribution in [3.05, 3.63) is 24.2 Å². The van der Waals surface area contributed by atoms with E-state index >= 15 is 0 Å². The third kappa shape index (κ3) is 11.5. The van der Waals surface area contributed by atoms with Gasteiger partial charge in [0, 0.05) is 39.3 Å². The van der Waals surface area contributed by atoms with Crippen LogP contribution in [-0.2, 0) is 20.7 Å². The molecule has 0 radical (unpaired) electrons. The highest BCUT2D eigenvalue weighted by molar-refractivity contribution is 5.80. The van der Waals surface area contributed by atoms with Crippen LogP contribution >= 0.6 is 0 Å². The van der Waals surface area contributed by atoms with Crippen LogP contribution in [0.25, 0.3) is 0 Å². The number of carbonyl (C=O) groups excluding carboxylic acids is 1. The Morgan fingerprint density at radius 2 is 2.04 bits per heavy atom. The Bertz CT molecular complexity index is 521. The molecule has 1 aromatic rings. The van der Waals surface area contributed by atoms with Crippen molar-refractivity contribution < 1.29 is 18.7 Å². The lowest BCUT2D eigenvalue weighted by Crippen LogP contribution is -2.40. The van der Waals surface area contributed by atoms with Crippen LogP contribution in [0.15, 0.2) is 27.8 Å². The lowest BCUT2D eigenvalue weighted by atomic mass is 10.2. The summed E-state index contributed by atoms with van der Waals surface area (Å²) in [5.41, 5.74) is -0.464. The fourth-order valence-electron chi connectivity index (χ4n) is 2.11. The van der Waals surface area contributed by atoms with Gasteiger partial charge in [0.1, 0.15) is 11.4 Å². The Morgan fingerprint density at radius 3 is 2.69 bits per heavy atom. The van der Waals surface area contributed by atoms with Crippen LogP contribution in [0, 0.1) is 0 Å². The molecule has 0 saturated carbocycles. The summed E-state index contributed by atoms with van der Waals surface area (Å²) in [7, 11) is 0. The molecule has 0 unspecified atom stereocenters. The van der Waals surface area contributed by atoms with Crippen LogP contribution in [0.4, 0.5) is 0 Å². The fourth-order valence-corrected chi connectivity index (χ4v) is 2.11. The average Bonchev–Trinajstić information content (AvgIpc) is 3.05. The summed E-state index contributed by atoms with van der Waals surface area (Å²) in [6.45, 7) is 10.8. The maximum Gasteiger partial charge on any atom is 0.308 e. The third-order valence-electron chi connectivity index (χ3n) is 3.21. The number of hydrogen-bond acceptors (Lipinski definition) is 5. The van der Waals surface area contributed by atoms with Crippen molar-refractivity contribution >= 4 is 11.9 Å². The molecular weight excluding hydrogens is 334 g/mol. The second kappa shape index (κ2) is 12.4. The van der Waals surface area contributed by atoms with Crippen molar-refractivity contribution in [3.8, 4) is 0 Å². The number of furan rings is 1. The van der Waals surface area contributed by atoms with Gasteiger partial charge in [-0.25, -0.2) is 0 Å². The Morgan fingerprint density at radius 1 is 1.27 bits per heavy atom.